The van der Waals surface area contributed by atoms with Crippen LogP contribution in [0.25, 0.3) is 10.9 Å². The number of ether oxygens (including phenoxy) is 2. The Morgan fingerprint density at radius 1 is 1.00 bits per heavy atom. The van der Waals surface area contributed by atoms with E-state index in [0.717, 1.165) is 22.2 Å². The minimum absolute atomic E-state index is 0.259. The summed E-state index contributed by atoms with van der Waals surface area (Å²) in [6, 6.07) is 12.1. The van der Waals surface area contributed by atoms with Gasteiger partial charge in [0.05, 0.1) is 25.2 Å². The van der Waals surface area contributed by atoms with Crippen LogP contribution in [0.2, 0.25) is 0 Å². The van der Waals surface area contributed by atoms with Gasteiger partial charge >= 0.3 is 0 Å². The van der Waals surface area contributed by atoms with Crippen molar-refractivity contribution in [1.82, 2.24) is 14.2 Å². The van der Waals surface area contributed by atoms with Crippen molar-refractivity contribution in [3.05, 3.63) is 54.2 Å². The van der Waals surface area contributed by atoms with E-state index in [2.05, 4.69) is 9.88 Å². The van der Waals surface area contributed by atoms with Crippen molar-refractivity contribution < 1.29 is 23.0 Å². The van der Waals surface area contributed by atoms with E-state index < -0.39 is 16.1 Å². The number of piperazine rings is 1. The average molecular weight is 446 g/mol. The first kappa shape index (κ1) is 21.6. The number of nitrogens with zero attached hydrogens (tertiary/aromatic N) is 2. The van der Waals surface area contributed by atoms with Gasteiger partial charge in [-0.3, -0.25) is 4.90 Å². The lowest BCUT2D eigenvalue weighted by Crippen LogP contribution is -2.49. The van der Waals surface area contributed by atoms with Crippen LogP contribution in [0.15, 0.2) is 53.6 Å². The van der Waals surface area contributed by atoms with Crippen LogP contribution in [0.1, 0.15) is 11.7 Å². The van der Waals surface area contributed by atoms with Gasteiger partial charge in [-0.25, -0.2) is 8.42 Å². The predicted molar refractivity (Wildman–Crippen MR) is 118 cm³/mol. The molecule has 1 aliphatic heterocycles. The summed E-state index contributed by atoms with van der Waals surface area (Å²) in [7, 11) is -0.389. The third-order valence-electron chi connectivity index (χ3n) is 5.74. The highest BCUT2D eigenvalue weighted by Gasteiger charge is 2.29. The largest absolute Gasteiger partial charge is 0.497 e. The molecule has 9 heteroatoms. The van der Waals surface area contributed by atoms with Crippen molar-refractivity contribution >= 4 is 20.9 Å². The zero-order chi connectivity index (χ0) is 22.0. The number of hydrogen-bond acceptors (Lipinski definition) is 6. The molecule has 0 aliphatic carbocycles. The molecule has 3 aromatic rings. The zero-order valence-electron chi connectivity index (χ0n) is 17.6. The Labute approximate surface area is 182 Å². The van der Waals surface area contributed by atoms with Crippen molar-refractivity contribution in [2.24, 2.45) is 0 Å². The molecule has 1 aliphatic rings. The third kappa shape index (κ3) is 4.40. The van der Waals surface area contributed by atoms with Crippen LogP contribution in [0, 0.1) is 0 Å². The van der Waals surface area contributed by atoms with E-state index in [9.17, 15) is 13.5 Å². The molecule has 0 radical (unpaired) electrons. The Morgan fingerprint density at radius 2 is 1.65 bits per heavy atom. The monoisotopic (exact) mass is 445 g/mol. The van der Waals surface area contributed by atoms with Crippen molar-refractivity contribution in [2.45, 2.75) is 11.0 Å². The summed E-state index contributed by atoms with van der Waals surface area (Å²) < 4.78 is 37.7. The summed E-state index contributed by atoms with van der Waals surface area (Å²) in [5.74, 6) is 1.35. The lowest BCUT2D eigenvalue weighted by molar-refractivity contribution is 0.0930. The van der Waals surface area contributed by atoms with Gasteiger partial charge in [0.1, 0.15) is 11.5 Å². The van der Waals surface area contributed by atoms with Gasteiger partial charge in [0.2, 0.25) is 10.0 Å². The van der Waals surface area contributed by atoms with Gasteiger partial charge in [0.15, 0.2) is 0 Å². The van der Waals surface area contributed by atoms with E-state index in [1.165, 1.54) is 4.31 Å². The summed E-state index contributed by atoms with van der Waals surface area (Å²) in [6.07, 6.45) is 1.13. The highest BCUT2D eigenvalue weighted by Crippen LogP contribution is 2.29. The van der Waals surface area contributed by atoms with Gasteiger partial charge in [-0.05, 0) is 42.5 Å². The molecule has 2 heterocycles. The van der Waals surface area contributed by atoms with E-state index >= 15 is 0 Å². The minimum Gasteiger partial charge on any atom is -0.497 e. The van der Waals surface area contributed by atoms with Crippen molar-refractivity contribution in [3.8, 4) is 11.5 Å². The van der Waals surface area contributed by atoms with Crippen LogP contribution in [0.4, 0.5) is 0 Å². The lowest BCUT2D eigenvalue weighted by atomic mass is 10.1. The molecule has 31 heavy (non-hydrogen) atoms. The second kappa shape index (κ2) is 8.88. The molecular formula is C22H27N3O5S. The van der Waals surface area contributed by atoms with E-state index in [0.29, 0.717) is 38.5 Å². The lowest BCUT2D eigenvalue weighted by Gasteiger charge is -2.34. The van der Waals surface area contributed by atoms with Crippen LogP contribution in [0.3, 0.4) is 0 Å². The highest BCUT2D eigenvalue weighted by molar-refractivity contribution is 7.89. The number of hydrogen-bond donors (Lipinski definition) is 2. The third-order valence-corrected chi connectivity index (χ3v) is 7.65. The molecule has 0 amide bonds. The number of fused-ring (bicyclic) bond motifs is 1. The Morgan fingerprint density at radius 3 is 2.29 bits per heavy atom. The van der Waals surface area contributed by atoms with Crippen LogP contribution in [-0.2, 0) is 10.0 Å². The molecule has 1 fully saturated rings. The number of aliphatic hydroxyl groups excluding tert-OH is 1. The Hall–Kier alpha value is -2.59. The first-order valence-electron chi connectivity index (χ1n) is 10.1. The SMILES string of the molecule is COc1ccc(S(=O)(=O)N2CCN(CC(O)c3c[nH]c4ccc(OC)cc34)CC2)cc1. The summed E-state index contributed by atoms with van der Waals surface area (Å²) in [5.41, 5.74) is 1.74. The van der Waals surface area contributed by atoms with E-state index in [-0.39, 0.29) is 4.90 Å². The molecule has 0 bridgehead atoms. The maximum absolute atomic E-state index is 12.9. The van der Waals surface area contributed by atoms with E-state index in [4.69, 9.17) is 9.47 Å². The van der Waals surface area contributed by atoms with Crippen LogP contribution >= 0.6 is 0 Å². The number of rotatable bonds is 7. The molecular weight excluding hydrogens is 418 g/mol. The molecule has 2 N–H and O–H groups in total. The van der Waals surface area contributed by atoms with Gasteiger partial charge < -0.3 is 19.6 Å². The van der Waals surface area contributed by atoms with Crippen molar-refractivity contribution in [2.75, 3.05) is 46.9 Å². The van der Waals surface area contributed by atoms with Gasteiger partial charge in [-0.15, -0.1) is 0 Å². The summed E-state index contributed by atoms with van der Waals surface area (Å²) in [6.45, 7) is 2.29. The minimum atomic E-state index is -3.55. The smallest absolute Gasteiger partial charge is 0.243 e. The Balaban J connectivity index is 1.40. The van der Waals surface area contributed by atoms with E-state index in [1.54, 1.807) is 38.5 Å². The number of aromatic nitrogens is 1. The number of aliphatic hydroxyl groups is 1. The first-order chi connectivity index (χ1) is 14.9. The maximum Gasteiger partial charge on any atom is 0.243 e. The predicted octanol–water partition coefficient (Wildman–Crippen LogP) is 2.22. The quantitative estimate of drug-likeness (QED) is 0.579. The van der Waals surface area contributed by atoms with Crippen LogP contribution in [0.5, 0.6) is 11.5 Å². The first-order valence-corrected chi connectivity index (χ1v) is 11.6. The molecule has 2 aromatic carbocycles. The summed E-state index contributed by atoms with van der Waals surface area (Å²) >= 11 is 0. The molecule has 1 aromatic heterocycles. The number of methoxy groups -OCH3 is 2. The molecule has 8 nitrogen and oxygen atoms in total. The van der Waals surface area contributed by atoms with Gasteiger partial charge in [-0.2, -0.15) is 4.31 Å². The molecule has 1 atom stereocenters. The standard InChI is InChI=1S/C22H27N3O5S/c1-29-16-3-6-18(7-4-16)31(27,28)25-11-9-24(10-12-25)15-22(26)20-14-23-21-8-5-17(30-2)13-19(20)21/h3-8,13-14,22-23,26H,9-12,15H2,1-2H3. The number of aromatic amines is 1. The fourth-order valence-electron chi connectivity index (χ4n) is 3.92. The fourth-order valence-corrected chi connectivity index (χ4v) is 5.34. The molecule has 1 saturated heterocycles. The second-order valence-corrected chi connectivity index (χ2v) is 9.49. The number of benzene rings is 2. The Bertz CT molecular complexity index is 1140. The Kier molecular flexibility index (Phi) is 6.19. The average Bonchev–Trinajstić information content (AvgIpc) is 3.22. The molecule has 0 saturated carbocycles. The maximum atomic E-state index is 12.9. The summed E-state index contributed by atoms with van der Waals surface area (Å²) in [4.78, 5) is 5.53. The number of H-pyrrole nitrogens is 1. The van der Waals surface area contributed by atoms with Gasteiger partial charge in [0.25, 0.3) is 0 Å². The highest BCUT2D eigenvalue weighted by atomic mass is 32.2. The van der Waals surface area contributed by atoms with Crippen LogP contribution < -0.4 is 9.47 Å². The van der Waals surface area contributed by atoms with E-state index in [1.807, 2.05) is 24.4 Å². The normalized spacial score (nSPS) is 17.0. The number of sulfonamides is 1. The van der Waals surface area contributed by atoms with Gasteiger partial charge in [0, 0.05) is 55.4 Å². The van der Waals surface area contributed by atoms with Gasteiger partial charge in [-0.1, -0.05) is 0 Å². The topological polar surface area (TPSA) is 95.1 Å². The van der Waals surface area contributed by atoms with Crippen molar-refractivity contribution in [3.63, 3.8) is 0 Å². The van der Waals surface area contributed by atoms with Crippen LogP contribution in [-0.4, -0.2) is 74.7 Å². The summed E-state index contributed by atoms with van der Waals surface area (Å²) in [5, 5.41) is 11.8. The number of β-amino-alcohol motifs (C(OH)–C–C–N with tert-alkyl or cyclic N) is 1. The second-order valence-electron chi connectivity index (χ2n) is 7.55. The zero-order valence-corrected chi connectivity index (χ0v) is 18.4. The molecule has 166 valence electrons. The fraction of sp³-hybridized carbons (Fsp3) is 0.364. The molecule has 1 unspecified atom stereocenters. The van der Waals surface area contributed by atoms with Crippen molar-refractivity contribution in [1.29, 1.82) is 0 Å². The molecule has 4 rings (SSSR count). The number of nitrogens with one attached hydrogen (secondary N) is 1. The molecule has 0 spiro atoms.